The molecule has 11 heavy (non-hydrogen) atoms. The third-order valence-corrected chi connectivity index (χ3v) is 3.94. The molecule has 0 aliphatic heterocycles. The third-order valence-electron chi connectivity index (χ3n) is 2.41. The second-order valence-corrected chi connectivity index (χ2v) is 5.46. The fraction of sp³-hybridized carbons (Fsp3) is 0.556. The van der Waals surface area contributed by atoms with E-state index < -0.39 is 0 Å². The van der Waals surface area contributed by atoms with Crippen molar-refractivity contribution in [1.82, 2.24) is 0 Å². The van der Waals surface area contributed by atoms with Crippen LogP contribution in [-0.2, 0) is 0 Å². The van der Waals surface area contributed by atoms with Gasteiger partial charge >= 0.3 is 0 Å². The average Bonchev–Trinajstić information content (AvgIpc) is 2.55. The minimum atomic E-state index is 0.873. The Kier molecular flexibility index (Phi) is 2.33. The van der Waals surface area contributed by atoms with Crippen LogP contribution >= 0.6 is 27.3 Å². The quantitative estimate of drug-likeness (QED) is 0.680. The fourth-order valence-corrected chi connectivity index (χ4v) is 3.05. The van der Waals surface area contributed by atoms with Gasteiger partial charge in [0, 0.05) is 0 Å². The molecular formula is C9H11BrS. The number of halogens is 1. The lowest BCUT2D eigenvalue weighted by Crippen LogP contribution is -1.87. The Morgan fingerprint density at radius 2 is 2.09 bits per heavy atom. The van der Waals surface area contributed by atoms with Crippen LogP contribution in [0.15, 0.2) is 15.2 Å². The number of hydrogen-bond donors (Lipinski definition) is 0. The second kappa shape index (κ2) is 3.28. The first-order chi connectivity index (χ1) is 5.36. The van der Waals surface area contributed by atoms with Crippen molar-refractivity contribution in [3.63, 3.8) is 0 Å². The first-order valence-electron chi connectivity index (χ1n) is 4.10. The van der Waals surface area contributed by atoms with Gasteiger partial charge in [0.05, 0.1) is 3.79 Å². The Balaban J connectivity index is 2.15. The number of hydrogen-bond acceptors (Lipinski definition) is 1. The summed E-state index contributed by atoms with van der Waals surface area (Å²) < 4.78 is 1.28. The van der Waals surface area contributed by atoms with E-state index in [-0.39, 0.29) is 0 Å². The molecule has 2 rings (SSSR count). The van der Waals surface area contributed by atoms with E-state index in [4.69, 9.17) is 0 Å². The molecule has 0 N–H and O–H groups in total. The van der Waals surface area contributed by atoms with E-state index in [1.165, 1.54) is 29.5 Å². The molecule has 0 nitrogen and oxygen atoms in total. The molecule has 0 radical (unpaired) electrons. The summed E-state index contributed by atoms with van der Waals surface area (Å²) in [5, 5.41) is 2.29. The van der Waals surface area contributed by atoms with E-state index >= 15 is 0 Å². The standard InChI is InChI=1S/C9H11BrS/c10-9-5-8(6-11-9)7-3-1-2-4-7/h5-7H,1-4H2. The van der Waals surface area contributed by atoms with E-state index in [1.807, 2.05) is 11.3 Å². The molecule has 0 unspecified atom stereocenters. The molecule has 1 heterocycles. The number of rotatable bonds is 1. The molecule has 1 aromatic rings. The fourth-order valence-electron chi connectivity index (χ4n) is 1.80. The van der Waals surface area contributed by atoms with Crippen molar-refractivity contribution in [1.29, 1.82) is 0 Å². The maximum absolute atomic E-state index is 3.50. The largest absolute Gasteiger partial charge is 0.137 e. The molecule has 0 bridgehead atoms. The van der Waals surface area contributed by atoms with E-state index in [2.05, 4.69) is 27.4 Å². The molecule has 1 aromatic heterocycles. The summed E-state index contributed by atoms with van der Waals surface area (Å²) in [6.45, 7) is 0. The lowest BCUT2D eigenvalue weighted by Gasteiger charge is -2.03. The van der Waals surface area contributed by atoms with Gasteiger partial charge in [0.25, 0.3) is 0 Å². The summed E-state index contributed by atoms with van der Waals surface area (Å²) in [4.78, 5) is 0. The highest BCUT2D eigenvalue weighted by atomic mass is 79.9. The van der Waals surface area contributed by atoms with Crippen molar-refractivity contribution in [2.75, 3.05) is 0 Å². The molecule has 1 aliphatic rings. The normalized spacial score (nSPS) is 19.4. The first-order valence-corrected chi connectivity index (χ1v) is 5.77. The average molecular weight is 231 g/mol. The van der Waals surface area contributed by atoms with Crippen LogP contribution in [0.1, 0.15) is 37.2 Å². The third kappa shape index (κ3) is 1.67. The lowest BCUT2D eigenvalue weighted by atomic mass is 10.0. The Labute approximate surface area is 79.8 Å². The molecule has 2 heteroatoms. The summed E-state index contributed by atoms with van der Waals surface area (Å²) in [5.74, 6) is 0.873. The molecule has 0 spiro atoms. The molecular weight excluding hydrogens is 220 g/mol. The van der Waals surface area contributed by atoms with E-state index in [0.717, 1.165) is 5.92 Å². The van der Waals surface area contributed by atoms with Crippen LogP contribution in [0.25, 0.3) is 0 Å². The van der Waals surface area contributed by atoms with E-state index in [1.54, 1.807) is 5.56 Å². The smallest absolute Gasteiger partial charge is 0.0701 e. The van der Waals surface area contributed by atoms with E-state index in [0.29, 0.717) is 0 Å². The molecule has 0 atom stereocenters. The Bertz CT molecular complexity index is 235. The van der Waals surface area contributed by atoms with Crippen molar-refractivity contribution in [2.45, 2.75) is 31.6 Å². The summed E-state index contributed by atoms with van der Waals surface area (Å²) in [7, 11) is 0. The summed E-state index contributed by atoms with van der Waals surface area (Å²) in [5.41, 5.74) is 1.55. The van der Waals surface area contributed by atoms with Crippen LogP contribution in [0.2, 0.25) is 0 Å². The van der Waals surface area contributed by atoms with Gasteiger partial charge in [-0.05, 0) is 51.7 Å². The zero-order valence-electron chi connectivity index (χ0n) is 6.35. The summed E-state index contributed by atoms with van der Waals surface area (Å²) >= 11 is 5.31. The maximum Gasteiger partial charge on any atom is 0.0701 e. The van der Waals surface area contributed by atoms with Crippen LogP contribution in [0.3, 0.4) is 0 Å². The minimum Gasteiger partial charge on any atom is -0.137 e. The van der Waals surface area contributed by atoms with E-state index in [9.17, 15) is 0 Å². The SMILES string of the molecule is Brc1cc(C2CCCC2)cs1. The van der Waals surface area contributed by atoms with Gasteiger partial charge in [-0.1, -0.05) is 12.8 Å². The maximum atomic E-state index is 3.50. The van der Waals surface area contributed by atoms with Gasteiger partial charge in [0.1, 0.15) is 0 Å². The molecule has 60 valence electrons. The van der Waals surface area contributed by atoms with Crippen LogP contribution in [0, 0.1) is 0 Å². The van der Waals surface area contributed by atoms with Crippen molar-refractivity contribution in [3.8, 4) is 0 Å². The zero-order valence-corrected chi connectivity index (χ0v) is 8.75. The van der Waals surface area contributed by atoms with Crippen LogP contribution in [-0.4, -0.2) is 0 Å². The van der Waals surface area contributed by atoms with Crippen molar-refractivity contribution in [3.05, 3.63) is 20.8 Å². The van der Waals surface area contributed by atoms with Gasteiger partial charge in [-0.3, -0.25) is 0 Å². The molecule has 1 fully saturated rings. The molecule has 0 aromatic carbocycles. The highest BCUT2D eigenvalue weighted by Gasteiger charge is 2.17. The Hall–Kier alpha value is 0.180. The molecule has 0 amide bonds. The first kappa shape index (κ1) is 7.81. The Morgan fingerprint density at radius 3 is 2.64 bits per heavy atom. The lowest BCUT2D eigenvalue weighted by molar-refractivity contribution is 0.726. The van der Waals surface area contributed by atoms with Crippen LogP contribution in [0.5, 0.6) is 0 Å². The van der Waals surface area contributed by atoms with Crippen LogP contribution in [0.4, 0.5) is 0 Å². The summed E-state index contributed by atoms with van der Waals surface area (Å²) in [6, 6.07) is 2.28. The zero-order chi connectivity index (χ0) is 7.68. The highest BCUT2D eigenvalue weighted by Crippen LogP contribution is 2.37. The van der Waals surface area contributed by atoms with Crippen molar-refractivity contribution in [2.24, 2.45) is 0 Å². The number of thiophene rings is 1. The highest BCUT2D eigenvalue weighted by molar-refractivity contribution is 9.11. The topological polar surface area (TPSA) is 0 Å². The van der Waals surface area contributed by atoms with Crippen molar-refractivity contribution >= 4 is 27.3 Å². The Morgan fingerprint density at radius 1 is 1.36 bits per heavy atom. The molecule has 1 aliphatic carbocycles. The molecule has 0 saturated heterocycles. The van der Waals surface area contributed by atoms with Crippen LogP contribution < -0.4 is 0 Å². The van der Waals surface area contributed by atoms with Gasteiger partial charge in [-0.2, -0.15) is 0 Å². The summed E-state index contributed by atoms with van der Waals surface area (Å²) in [6.07, 6.45) is 5.67. The predicted molar refractivity (Wildman–Crippen MR) is 53.2 cm³/mol. The van der Waals surface area contributed by atoms with Crippen molar-refractivity contribution < 1.29 is 0 Å². The second-order valence-electron chi connectivity index (χ2n) is 3.17. The monoisotopic (exact) mass is 230 g/mol. The minimum absolute atomic E-state index is 0.873. The van der Waals surface area contributed by atoms with Gasteiger partial charge in [-0.25, -0.2) is 0 Å². The molecule has 1 saturated carbocycles. The van der Waals surface area contributed by atoms with Gasteiger partial charge in [0.15, 0.2) is 0 Å². The van der Waals surface area contributed by atoms with Gasteiger partial charge in [-0.15, -0.1) is 11.3 Å². The van der Waals surface area contributed by atoms with Gasteiger partial charge in [0.2, 0.25) is 0 Å². The van der Waals surface area contributed by atoms with Gasteiger partial charge < -0.3 is 0 Å². The predicted octanol–water partition coefficient (Wildman–Crippen LogP) is 4.17.